The summed E-state index contributed by atoms with van der Waals surface area (Å²) >= 11 is 6.09. The molecular weight excluding hydrogens is 276 g/mol. The summed E-state index contributed by atoms with van der Waals surface area (Å²) in [6.45, 7) is 1.96. The van der Waals surface area contributed by atoms with Gasteiger partial charge >= 0.3 is 6.03 Å². The van der Waals surface area contributed by atoms with Crippen molar-refractivity contribution in [1.82, 2.24) is 5.32 Å². The van der Waals surface area contributed by atoms with Crippen LogP contribution in [0.4, 0.5) is 10.5 Å². The van der Waals surface area contributed by atoms with Crippen LogP contribution in [0, 0.1) is 0 Å². The summed E-state index contributed by atoms with van der Waals surface area (Å²) in [5.41, 5.74) is 2.14. The smallest absolute Gasteiger partial charge is 0.320 e. The van der Waals surface area contributed by atoms with Gasteiger partial charge in [0.2, 0.25) is 0 Å². The summed E-state index contributed by atoms with van der Waals surface area (Å²) in [4.78, 5) is 11.9. The van der Waals surface area contributed by atoms with Crippen molar-refractivity contribution in [2.24, 2.45) is 0 Å². The van der Waals surface area contributed by atoms with Gasteiger partial charge in [0, 0.05) is 22.7 Å². The summed E-state index contributed by atoms with van der Waals surface area (Å²) in [6.07, 6.45) is 4.84. The number of carbonyl (C=O) groups excluding carboxylic acids is 1. The third kappa shape index (κ3) is 2.06. The Balaban J connectivity index is 2.14. The summed E-state index contributed by atoms with van der Waals surface area (Å²) in [5, 5.41) is 15.9. The molecule has 0 aromatic heterocycles. The van der Waals surface area contributed by atoms with E-state index in [0.717, 1.165) is 16.8 Å². The average Bonchev–Trinajstić information content (AvgIpc) is 2.40. The minimum Gasteiger partial charge on any atom is -0.512 e. The molecule has 1 aliphatic heterocycles. The fourth-order valence-electron chi connectivity index (χ4n) is 2.78. The van der Waals surface area contributed by atoms with Gasteiger partial charge in [0.05, 0.1) is 11.3 Å². The number of halogens is 1. The lowest BCUT2D eigenvalue weighted by molar-refractivity contribution is 0.241. The Bertz CT molecular complexity index is 651. The van der Waals surface area contributed by atoms with Crippen molar-refractivity contribution in [2.45, 2.75) is 25.3 Å². The van der Waals surface area contributed by atoms with Gasteiger partial charge in [0.25, 0.3) is 0 Å². The van der Waals surface area contributed by atoms with Crippen LogP contribution in [0.5, 0.6) is 0 Å². The molecule has 3 N–H and O–H groups in total. The SMILES string of the molecule is C[C@]1(C2=CC=C(O)CC2)NC(=O)Nc2ccc(Cl)cc21. The van der Waals surface area contributed by atoms with E-state index in [0.29, 0.717) is 23.6 Å². The van der Waals surface area contributed by atoms with Crippen LogP contribution in [0.1, 0.15) is 25.3 Å². The van der Waals surface area contributed by atoms with E-state index in [1.165, 1.54) is 0 Å². The van der Waals surface area contributed by atoms with Gasteiger partial charge in [0.15, 0.2) is 0 Å². The zero-order chi connectivity index (χ0) is 14.3. The molecule has 1 aromatic carbocycles. The Labute approximate surface area is 122 Å². The number of aliphatic hydroxyl groups is 1. The number of aliphatic hydroxyl groups excluding tert-OH is 1. The molecule has 2 aliphatic rings. The van der Waals surface area contributed by atoms with Gasteiger partial charge in [-0.1, -0.05) is 17.7 Å². The lowest BCUT2D eigenvalue weighted by Gasteiger charge is -2.39. The normalized spacial score (nSPS) is 25.0. The molecule has 3 rings (SSSR count). The summed E-state index contributed by atoms with van der Waals surface area (Å²) in [6, 6.07) is 5.20. The van der Waals surface area contributed by atoms with Crippen LogP contribution in [-0.4, -0.2) is 11.1 Å². The van der Waals surface area contributed by atoms with Crippen molar-refractivity contribution in [2.75, 3.05) is 5.32 Å². The fraction of sp³-hybridized carbons (Fsp3) is 0.267. The largest absolute Gasteiger partial charge is 0.512 e. The third-order valence-electron chi connectivity index (χ3n) is 3.90. The van der Waals surface area contributed by atoms with Gasteiger partial charge < -0.3 is 15.7 Å². The Hall–Kier alpha value is -1.94. The highest BCUT2D eigenvalue weighted by molar-refractivity contribution is 6.30. The van der Waals surface area contributed by atoms with E-state index in [4.69, 9.17) is 11.6 Å². The van der Waals surface area contributed by atoms with E-state index in [-0.39, 0.29) is 6.03 Å². The zero-order valence-corrected chi connectivity index (χ0v) is 11.8. The number of rotatable bonds is 1. The molecule has 0 unspecified atom stereocenters. The summed E-state index contributed by atoms with van der Waals surface area (Å²) in [7, 11) is 0. The molecule has 0 bridgehead atoms. The second kappa shape index (κ2) is 4.56. The number of urea groups is 1. The van der Waals surface area contributed by atoms with Gasteiger partial charge in [-0.3, -0.25) is 0 Å². The number of fused-ring (bicyclic) bond motifs is 1. The maximum Gasteiger partial charge on any atom is 0.320 e. The molecule has 20 heavy (non-hydrogen) atoms. The van der Waals surface area contributed by atoms with E-state index >= 15 is 0 Å². The molecule has 1 heterocycles. The highest BCUT2D eigenvalue weighted by atomic mass is 35.5. The monoisotopic (exact) mass is 290 g/mol. The van der Waals surface area contributed by atoms with Crippen molar-refractivity contribution >= 4 is 23.3 Å². The summed E-state index contributed by atoms with van der Waals surface area (Å²) in [5.74, 6) is 0.365. The molecule has 1 aliphatic carbocycles. The third-order valence-corrected chi connectivity index (χ3v) is 4.14. The predicted octanol–water partition coefficient (Wildman–Crippen LogP) is 3.85. The van der Waals surface area contributed by atoms with Crippen molar-refractivity contribution < 1.29 is 9.90 Å². The Kier molecular flexibility index (Phi) is 2.98. The highest BCUT2D eigenvalue weighted by Crippen LogP contribution is 2.41. The first kappa shape index (κ1) is 13.1. The first-order chi connectivity index (χ1) is 9.49. The van der Waals surface area contributed by atoms with Gasteiger partial charge in [-0.15, -0.1) is 0 Å². The predicted molar refractivity (Wildman–Crippen MR) is 79.0 cm³/mol. The highest BCUT2D eigenvalue weighted by Gasteiger charge is 2.38. The van der Waals surface area contributed by atoms with Crippen LogP contribution in [0.15, 0.2) is 41.7 Å². The van der Waals surface area contributed by atoms with E-state index in [9.17, 15) is 9.90 Å². The van der Waals surface area contributed by atoms with Crippen molar-refractivity contribution in [3.63, 3.8) is 0 Å². The Morgan fingerprint density at radius 3 is 2.80 bits per heavy atom. The maximum atomic E-state index is 11.9. The van der Waals surface area contributed by atoms with Crippen molar-refractivity contribution in [3.05, 3.63) is 52.3 Å². The number of benzene rings is 1. The molecule has 2 amide bonds. The standard InChI is InChI=1S/C15H15ClN2O2/c1-15(9-2-5-11(19)6-3-9)12-8-10(16)4-7-13(12)17-14(20)18-15/h2,4-5,7-8,19H,3,6H2,1H3,(H2,17,18,20)/t15-/m1/s1. The van der Waals surface area contributed by atoms with Crippen molar-refractivity contribution in [1.29, 1.82) is 0 Å². The minimum atomic E-state index is -0.611. The van der Waals surface area contributed by atoms with Crippen LogP contribution < -0.4 is 10.6 Å². The number of anilines is 1. The lowest BCUT2D eigenvalue weighted by atomic mass is 9.78. The first-order valence-electron chi connectivity index (χ1n) is 6.47. The summed E-state index contributed by atoms with van der Waals surface area (Å²) < 4.78 is 0. The topological polar surface area (TPSA) is 61.4 Å². The van der Waals surface area contributed by atoms with Gasteiger partial charge in [-0.25, -0.2) is 4.79 Å². The molecule has 4 nitrogen and oxygen atoms in total. The number of hydrogen-bond donors (Lipinski definition) is 3. The second-order valence-electron chi connectivity index (χ2n) is 5.24. The number of allylic oxidation sites excluding steroid dienone is 3. The molecule has 0 saturated heterocycles. The average molecular weight is 291 g/mol. The molecular formula is C15H15ClN2O2. The second-order valence-corrected chi connectivity index (χ2v) is 5.68. The van der Waals surface area contributed by atoms with Crippen molar-refractivity contribution in [3.8, 4) is 0 Å². The number of carbonyl (C=O) groups is 1. The Morgan fingerprint density at radius 1 is 1.30 bits per heavy atom. The molecule has 0 saturated carbocycles. The van der Waals surface area contributed by atoms with E-state index in [1.54, 1.807) is 12.1 Å². The molecule has 104 valence electrons. The van der Waals surface area contributed by atoms with Crippen LogP contribution >= 0.6 is 11.6 Å². The molecule has 5 heteroatoms. The van der Waals surface area contributed by atoms with Crippen LogP contribution in [0.25, 0.3) is 0 Å². The van der Waals surface area contributed by atoms with Gasteiger partial charge in [0.1, 0.15) is 0 Å². The van der Waals surface area contributed by atoms with Gasteiger partial charge in [-0.05, 0) is 43.2 Å². The molecule has 1 atom stereocenters. The number of hydrogen-bond acceptors (Lipinski definition) is 2. The first-order valence-corrected chi connectivity index (χ1v) is 6.85. The van der Waals surface area contributed by atoms with Crippen LogP contribution in [0.3, 0.4) is 0 Å². The van der Waals surface area contributed by atoms with E-state index in [1.807, 2.05) is 25.1 Å². The van der Waals surface area contributed by atoms with E-state index in [2.05, 4.69) is 10.6 Å². The van der Waals surface area contributed by atoms with Crippen LogP contribution in [0.2, 0.25) is 5.02 Å². The Morgan fingerprint density at radius 2 is 2.10 bits per heavy atom. The lowest BCUT2D eigenvalue weighted by Crippen LogP contribution is -2.51. The molecule has 0 spiro atoms. The number of amides is 2. The van der Waals surface area contributed by atoms with Gasteiger partial charge in [-0.2, -0.15) is 0 Å². The minimum absolute atomic E-state index is 0.234. The van der Waals surface area contributed by atoms with Crippen LogP contribution in [-0.2, 0) is 5.54 Å². The van der Waals surface area contributed by atoms with E-state index < -0.39 is 5.54 Å². The zero-order valence-electron chi connectivity index (χ0n) is 11.0. The maximum absolute atomic E-state index is 11.9. The quantitative estimate of drug-likeness (QED) is 0.735. The number of nitrogens with one attached hydrogen (secondary N) is 2. The fourth-order valence-corrected chi connectivity index (χ4v) is 2.96. The molecule has 0 radical (unpaired) electrons. The molecule has 0 fully saturated rings. The molecule has 1 aromatic rings.